The zero-order valence-electron chi connectivity index (χ0n) is 13.6. The molecule has 0 fully saturated rings. The van der Waals surface area contributed by atoms with Crippen LogP contribution in [0.4, 0.5) is 4.79 Å². The first-order valence-corrected chi connectivity index (χ1v) is 10.6. The molecule has 1 nitrogen and oxygen atoms in total. The van der Waals surface area contributed by atoms with Gasteiger partial charge in [-0.05, 0) is 12.8 Å². The second kappa shape index (κ2) is 17.4. The van der Waals surface area contributed by atoms with Crippen LogP contribution in [-0.4, -0.2) is 16.0 Å². The molecule has 0 amide bonds. The van der Waals surface area contributed by atoms with Crippen molar-refractivity contribution in [3.63, 3.8) is 0 Å². The lowest BCUT2D eigenvalue weighted by Gasteiger charge is -2.02. The summed E-state index contributed by atoms with van der Waals surface area (Å²) in [5.74, 6) is 2.04. The first kappa shape index (κ1) is 20.4. The van der Waals surface area contributed by atoms with E-state index in [4.69, 9.17) is 0 Å². The Hall–Kier alpha value is 0.370. The summed E-state index contributed by atoms with van der Waals surface area (Å²) in [6.45, 7) is 4.49. The largest absolute Gasteiger partial charge is 0.274 e. The van der Waals surface area contributed by atoms with E-state index in [1.807, 2.05) is 0 Å². The van der Waals surface area contributed by atoms with Crippen LogP contribution >= 0.6 is 23.5 Å². The molecule has 0 aliphatic carbocycles. The normalized spacial score (nSPS) is 10.9. The predicted molar refractivity (Wildman–Crippen MR) is 97.1 cm³/mol. The molecule has 0 radical (unpaired) electrons. The van der Waals surface area contributed by atoms with Crippen molar-refractivity contribution in [1.82, 2.24) is 0 Å². The van der Waals surface area contributed by atoms with Crippen molar-refractivity contribution in [2.75, 3.05) is 11.5 Å². The number of thioether (sulfide) groups is 2. The first-order valence-electron chi connectivity index (χ1n) is 8.60. The summed E-state index contributed by atoms with van der Waals surface area (Å²) >= 11 is 3.07. The summed E-state index contributed by atoms with van der Waals surface area (Å²) in [5, 5.41) is 0. The second-order valence-corrected chi connectivity index (χ2v) is 7.88. The number of hydrogen-bond donors (Lipinski definition) is 0. The molecule has 0 spiro atoms. The highest BCUT2D eigenvalue weighted by molar-refractivity contribution is 8.38. The fraction of sp³-hybridized carbons (Fsp3) is 0.941. The van der Waals surface area contributed by atoms with Crippen LogP contribution in [0, 0.1) is 0 Å². The average molecular weight is 319 g/mol. The van der Waals surface area contributed by atoms with Gasteiger partial charge in [-0.25, -0.2) is 0 Å². The van der Waals surface area contributed by atoms with Gasteiger partial charge >= 0.3 is 0 Å². The van der Waals surface area contributed by atoms with Gasteiger partial charge in [-0.2, -0.15) is 0 Å². The minimum Gasteiger partial charge on any atom is -0.274 e. The Morgan fingerprint density at radius 2 is 0.950 bits per heavy atom. The van der Waals surface area contributed by atoms with Crippen molar-refractivity contribution >= 4 is 28.0 Å². The Balaban J connectivity index is 3.13. The lowest BCUT2D eigenvalue weighted by atomic mass is 10.1. The fourth-order valence-corrected chi connectivity index (χ4v) is 3.98. The first-order chi connectivity index (χ1) is 9.81. The molecule has 0 atom stereocenters. The molecule has 0 aromatic heterocycles. The molecule has 3 heteroatoms. The standard InChI is InChI=1S/C17H34OS2/c1-3-5-7-9-11-13-15-19-17(18)20-16-14-12-10-8-6-4-2/h3-16H2,1-2H3. The summed E-state index contributed by atoms with van der Waals surface area (Å²) < 4.78 is 0.340. The lowest BCUT2D eigenvalue weighted by molar-refractivity contribution is 0.276. The van der Waals surface area contributed by atoms with Crippen molar-refractivity contribution in [3.8, 4) is 0 Å². The molecule has 0 unspecified atom stereocenters. The van der Waals surface area contributed by atoms with Crippen LogP contribution in [0.2, 0.25) is 0 Å². The van der Waals surface area contributed by atoms with Crippen LogP contribution in [0.25, 0.3) is 0 Å². The summed E-state index contributed by atoms with van der Waals surface area (Å²) in [5.41, 5.74) is 0. The smallest absolute Gasteiger partial charge is 0.246 e. The van der Waals surface area contributed by atoms with Gasteiger partial charge in [0.1, 0.15) is 0 Å². The van der Waals surface area contributed by atoms with E-state index >= 15 is 0 Å². The topological polar surface area (TPSA) is 17.1 Å². The highest BCUT2D eigenvalue weighted by Crippen LogP contribution is 2.20. The maximum atomic E-state index is 11.6. The average Bonchev–Trinajstić information content (AvgIpc) is 2.45. The summed E-state index contributed by atoms with van der Waals surface area (Å²) in [7, 11) is 0. The number of hydrogen-bond acceptors (Lipinski definition) is 3. The lowest BCUT2D eigenvalue weighted by Crippen LogP contribution is -1.89. The van der Waals surface area contributed by atoms with Gasteiger partial charge in [-0.1, -0.05) is 102 Å². The molecule has 0 aromatic carbocycles. The number of unbranched alkanes of at least 4 members (excludes halogenated alkanes) is 10. The van der Waals surface area contributed by atoms with Gasteiger partial charge in [-0.3, -0.25) is 4.79 Å². The highest BCUT2D eigenvalue weighted by Gasteiger charge is 2.03. The fourth-order valence-electron chi connectivity index (χ4n) is 2.12. The molecule has 120 valence electrons. The molecule has 0 saturated carbocycles. The van der Waals surface area contributed by atoms with Gasteiger partial charge in [0.25, 0.3) is 0 Å². The highest BCUT2D eigenvalue weighted by atomic mass is 32.2. The quantitative estimate of drug-likeness (QED) is 0.313. The maximum Gasteiger partial charge on any atom is 0.246 e. The van der Waals surface area contributed by atoms with Crippen LogP contribution < -0.4 is 0 Å². The van der Waals surface area contributed by atoms with Gasteiger partial charge in [0, 0.05) is 11.5 Å². The molecule has 0 bridgehead atoms. The predicted octanol–water partition coefficient (Wildman–Crippen LogP) is 7.29. The molecule has 0 aromatic rings. The van der Waals surface area contributed by atoms with Crippen molar-refractivity contribution in [1.29, 1.82) is 0 Å². The van der Waals surface area contributed by atoms with Gasteiger partial charge in [0.15, 0.2) is 0 Å². The van der Waals surface area contributed by atoms with Crippen molar-refractivity contribution in [3.05, 3.63) is 0 Å². The van der Waals surface area contributed by atoms with Crippen molar-refractivity contribution in [2.24, 2.45) is 0 Å². The Morgan fingerprint density at radius 1 is 0.600 bits per heavy atom. The zero-order chi connectivity index (χ0) is 14.9. The van der Waals surface area contributed by atoms with E-state index in [9.17, 15) is 4.79 Å². The Kier molecular flexibility index (Phi) is 17.7. The third kappa shape index (κ3) is 16.4. The molecule has 20 heavy (non-hydrogen) atoms. The molecule has 0 rings (SSSR count). The second-order valence-electron chi connectivity index (χ2n) is 5.48. The number of carbonyl (C=O) groups excluding carboxylic acids is 1. The maximum absolute atomic E-state index is 11.6. The van der Waals surface area contributed by atoms with Gasteiger partial charge in [0.2, 0.25) is 4.45 Å². The number of carbonyl (C=O) groups is 1. The SMILES string of the molecule is CCCCCCCCSC(=O)SCCCCCCCC. The Morgan fingerprint density at radius 3 is 1.35 bits per heavy atom. The van der Waals surface area contributed by atoms with Crippen LogP contribution in [0.3, 0.4) is 0 Å². The monoisotopic (exact) mass is 318 g/mol. The number of rotatable bonds is 14. The van der Waals surface area contributed by atoms with E-state index in [-0.39, 0.29) is 0 Å². The van der Waals surface area contributed by atoms with Crippen LogP contribution in [0.1, 0.15) is 90.9 Å². The minimum absolute atomic E-state index is 0.340. The van der Waals surface area contributed by atoms with Gasteiger partial charge < -0.3 is 0 Å². The molecule has 0 aliphatic heterocycles. The molecular formula is C17H34OS2. The van der Waals surface area contributed by atoms with Crippen molar-refractivity contribution in [2.45, 2.75) is 90.9 Å². The van der Waals surface area contributed by atoms with E-state index in [1.165, 1.54) is 101 Å². The van der Waals surface area contributed by atoms with Crippen LogP contribution in [0.5, 0.6) is 0 Å². The summed E-state index contributed by atoms with van der Waals surface area (Å²) in [4.78, 5) is 11.6. The molecule has 0 saturated heterocycles. The summed E-state index contributed by atoms with van der Waals surface area (Å²) in [6, 6.07) is 0. The van der Waals surface area contributed by atoms with Gasteiger partial charge in [-0.15, -0.1) is 0 Å². The van der Waals surface area contributed by atoms with E-state index in [2.05, 4.69) is 13.8 Å². The van der Waals surface area contributed by atoms with Crippen molar-refractivity contribution < 1.29 is 4.79 Å². The zero-order valence-corrected chi connectivity index (χ0v) is 15.3. The van der Waals surface area contributed by atoms with E-state index in [0.717, 1.165) is 11.5 Å². The third-order valence-corrected chi connectivity index (χ3v) is 5.60. The van der Waals surface area contributed by atoms with Gasteiger partial charge in [0.05, 0.1) is 0 Å². The Labute approximate surface area is 135 Å². The molecule has 0 heterocycles. The molecule has 0 aliphatic rings. The van der Waals surface area contributed by atoms with E-state index in [1.54, 1.807) is 0 Å². The van der Waals surface area contributed by atoms with Crippen LogP contribution in [-0.2, 0) is 0 Å². The molecular weight excluding hydrogens is 284 g/mol. The van der Waals surface area contributed by atoms with E-state index in [0.29, 0.717) is 4.45 Å². The van der Waals surface area contributed by atoms with Crippen LogP contribution in [0.15, 0.2) is 0 Å². The summed E-state index contributed by atoms with van der Waals surface area (Å²) in [6.07, 6.45) is 15.7. The minimum atomic E-state index is 0.340. The van der Waals surface area contributed by atoms with E-state index < -0.39 is 0 Å². The molecule has 0 N–H and O–H groups in total. The Bertz CT molecular complexity index is 187. The third-order valence-electron chi connectivity index (χ3n) is 3.44.